The maximum Gasteiger partial charge on any atom is 0.413 e. The van der Waals surface area contributed by atoms with Crippen LogP contribution in [0.25, 0.3) is 11.1 Å². The van der Waals surface area contributed by atoms with E-state index in [4.69, 9.17) is 21.9 Å². The van der Waals surface area contributed by atoms with Crippen molar-refractivity contribution in [2.45, 2.75) is 56.7 Å². The number of benzene rings is 2. The van der Waals surface area contributed by atoms with E-state index in [0.717, 1.165) is 22.3 Å². The monoisotopic (exact) mass is 563 g/mol. The predicted molar refractivity (Wildman–Crippen MR) is 153 cm³/mol. The van der Waals surface area contributed by atoms with Gasteiger partial charge in [-0.1, -0.05) is 48.5 Å². The fraction of sp³-hybridized carbons (Fsp3) is 0.414. The van der Waals surface area contributed by atoms with Crippen molar-refractivity contribution in [1.82, 2.24) is 15.5 Å². The van der Waals surface area contributed by atoms with Gasteiger partial charge in [0, 0.05) is 19.0 Å². The smallest absolute Gasteiger partial charge is 0.413 e. The predicted octanol–water partition coefficient (Wildman–Crippen LogP) is 0.928. The molecule has 2 aliphatic rings. The molecule has 8 N–H and O–H groups in total. The lowest BCUT2D eigenvalue weighted by Gasteiger charge is -2.27. The number of hydrogen-bond donors (Lipinski definition) is 5. The van der Waals surface area contributed by atoms with Crippen LogP contribution < -0.4 is 27.8 Å². The molecule has 4 rings (SSSR count). The highest BCUT2D eigenvalue weighted by molar-refractivity contribution is 5.93. The number of rotatable bonds is 10. The molecule has 0 bridgehead atoms. The van der Waals surface area contributed by atoms with Crippen molar-refractivity contribution in [3.8, 4) is 11.1 Å². The number of fused-ring (bicyclic) bond motifs is 3. The molecule has 1 fully saturated rings. The number of carbonyl (C=O) groups excluding carboxylic acids is 4. The van der Waals surface area contributed by atoms with E-state index in [-0.39, 0.29) is 30.9 Å². The molecule has 2 aromatic carbocycles. The average molecular weight is 564 g/mol. The molecule has 0 aromatic heterocycles. The SMILES string of the molecule is C[C@H](NC(=O)C1CCCN1C(=O)C(N)CCCN=C(N)NC(=O)OCC1c2ccccc2-c2ccccc21)C(N)=O. The number of likely N-dealkylation sites (tertiary alicyclic amines) is 1. The van der Waals surface area contributed by atoms with Crippen LogP contribution in [0.2, 0.25) is 0 Å². The van der Waals surface area contributed by atoms with Crippen molar-refractivity contribution in [1.29, 1.82) is 0 Å². The summed E-state index contributed by atoms with van der Waals surface area (Å²) in [5.74, 6) is -1.59. The Bertz CT molecular complexity index is 1280. The van der Waals surface area contributed by atoms with Gasteiger partial charge in [0.1, 0.15) is 18.7 Å². The molecule has 0 spiro atoms. The second-order valence-electron chi connectivity index (χ2n) is 10.3. The summed E-state index contributed by atoms with van der Waals surface area (Å²) >= 11 is 0. The number of nitrogens with zero attached hydrogens (tertiary/aromatic N) is 2. The normalized spacial score (nSPS) is 17.8. The van der Waals surface area contributed by atoms with E-state index in [1.807, 2.05) is 36.4 Å². The van der Waals surface area contributed by atoms with Crippen LogP contribution in [-0.2, 0) is 19.1 Å². The van der Waals surface area contributed by atoms with Crippen molar-refractivity contribution in [3.05, 3.63) is 59.7 Å². The second-order valence-corrected chi connectivity index (χ2v) is 10.3. The zero-order valence-electron chi connectivity index (χ0n) is 23.0. The molecule has 4 amide bonds. The Morgan fingerprint density at radius 1 is 1.05 bits per heavy atom. The lowest BCUT2D eigenvalue weighted by Crippen LogP contribution is -2.54. The van der Waals surface area contributed by atoms with Crippen molar-refractivity contribution in [2.75, 3.05) is 19.7 Å². The van der Waals surface area contributed by atoms with Gasteiger partial charge in [-0.05, 0) is 54.9 Å². The Kier molecular flexibility index (Phi) is 9.56. The van der Waals surface area contributed by atoms with E-state index < -0.39 is 36.0 Å². The molecular weight excluding hydrogens is 526 g/mol. The number of primary amides is 1. The van der Waals surface area contributed by atoms with Crippen molar-refractivity contribution in [2.24, 2.45) is 22.2 Å². The Morgan fingerprint density at radius 2 is 1.68 bits per heavy atom. The Hall–Kier alpha value is -4.45. The lowest BCUT2D eigenvalue weighted by atomic mass is 9.98. The van der Waals surface area contributed by atoms with Crippen LogP contribution in [0, 0.1) is 0 Å². The zero-order valence-corrected chi connectivity index (χ0v) is 23.0. The Balaban J connectivity index is 1.20. The number of hydrogen-bond acceptors (Lipinski definition) is 7. The van der Waals surface area contributed by atoms with Crippen LogP contribution in [0.15, 0.2) is 53.5 Å². The summed E-state index contributed by atoms with van der Waals surface area (Å²) in [4.78, 5) is 54.6. The number of nitrogens with one attached hydrogen (secondary N) is 2. The molecule has 3 atom stereocenters. The van der Waals surface area contributed by atoms with Gasteiger partial charge in [0.05, 0.1) is 6.04 Å². The average Bonchev–Trinajstić information content (AvgIpc) is 3.57. The summed E-state index contributed by atoms with van der Waals surface area (Å²) in [6.07, 6.45) is 1.18. The summed E-state index contributed by atoms with van der Waals surface area (Å²) < 4.78 is 5.47. The van der Waals surface area contributed by atoms with Gasteiger partial charge in [0.25, 0.3) is 0 Å². The van der Waals surface area contributed by atoms with Gasteiger partial charge in [0.2, 0.25) is 17.7 Å². The largest absolute Gasteiger partial charge is 0.448 e. The molecule has 0 radical (unpaired) electrons. The maximum absolute atomic E-state index is 12.9. The molecule has 12 nitrogen and oxygen atoms in total. The van der Waals surface area contributed by atoms with Gasteiger partial charge in [-0.2, -0.15) is 0 Å². The van der Waals surface area contributed by atoms with E-state index in [0.29, 0.717) is 32.2 Å². The van der Waals surface area contributed by atoms with Crippen molar-refractivity contribution >= 4 is 29.8 Å². The first-order valence-electron chi connectivity index (χ1n) is 13.7. The highest BCUT2D eigenvalue weighted by Gasteiger charge is 2.36. The molecule has 1 aliphatic carbocycles. The molecule has 12 heteroatoms. The lowest BCUT2D eigenvalue weighted by molar-refractivity contribution is -0.140. The summed E-state index contributed by atoms with van der Waals surface area (Å²) in [5, 5.41) is 4.97. The van der Waals surface area contributed by atoms with Crippen LogP contribution in [0.4, 0.5) is 4.79 Å². The summed E-state index contributed by atoms with van der Waals surface area (Å²) in [7, 11) is 0. The second kappa shape index (κ2) is 13.3. The van der Waals surface area contributed by atoms with Gasteiger partial charge in [0.15, 0.2) is 5.96 Å². The van der Waals surface area contributed by atoms with Gasteiger partial charge in [-0.25, -0.2) is 4.79 Å². The number of carbonyl (C=O) groups is 4. The molecule has 41 heavy (non-hydrogen) atoms. The third kappa shape index (κ3) is 7.01. The minimum atomic E-state index is -0.834. The highest BCUT2D eigenvalue weighted by atomic mass is 16.5. The molecule has 218 valence electrons. The standard InChI is InChI=1S/C29H37N7O5/c1-17(25(31)37)34-26(38)24-13-7-15-36(24)27(39)23(30)12-6-14-33-28(32)35-29(40)41-16-22-20-10-4-2-8-18(20)19-9-3-5-11-21(19)22/h2-5,8-11,17,22-24H,6-7,12-16,30H2,1H3,(H2,31,37)(H,34,38)(H3,32,33,35,40)/t17-,23?,24?/m0/s1. The molecule has 1 aliphatic heterocycles. The first-order valence-corrected chi connectivity index (χ1v) is 13.7. The number of nitrogens with two attached hydrogens (primary N) is 3. The highest BCUT2D eigenvalue weighted by Crippen LogP contribution is 2.44. The van der Waals surface area contributed by atoms with Crippen LogP contribution in [-0.4, -0.2) is 72.5 Å². The van der Waals surface area contributed by atoms with E-state index >= 15 is 0 Å². The molecule has 1 heterocycles. The number of ether oxygens (including phenoxy) is 1. The molecular formula is C29H37N7O5. The van der Waals surface area contributed by atoms with Crippen LogP contribution in [0.5, 0.6) is 0 Å². The van der Waals surface area contributed by atoms with E-state index in [1.54, 1.807) is 0 Å². The number of aliphatic imine (C=N–C) groups is 1. The number of guanidine groups is 1. The topological polar surface area (TPSA) is 195 Å². The van der Waals surface area contributed by atoms with Crippen LogP contribution >= 0.6 is 0 Å². The van der Waals surface area contributed by atoms with Crippen molar-refractivity contribution < 1.29 is 23.9 Å². The van der Waals surface area contributed by atoms with Crippen LogP contribution in [0.3, 0.4) is 0 Å². The molecule has 2 unspecified atom stereocenters. The molecule has 1 saturated heterocycles. The maximum atomic E-state index is 12.9. The van der Waals surface area contributed by atoms with E-state index in [9.17, 15) is 19.2 Å². The quantitative estimate of drug-likeness (QED) is 0.161. The third-order valence-electron chi connectivity index (χ3n) is 7.47. The van der Waals surface area contributed by atoms with Gasteiger partial charge < -0.3 is 32.2 Å². The minimum absolute atomic E-state index is 0.0711. The van der Waals surface area contributed by atoms with E-state index in [1.165, 1.54) is 11.8 Å². The third-order valence-corrected chi connectivity index (χ3v) is 7.47. The number of alkyl carbamates (subject to hydrolysis) is 1. The fourth-order valence-electron chi connectivity index (χ4n) is 5.31. The summed E-state index contributed by atoms with van der Waals surface area (Å²) in [6.45, 7) is 2.28. The van der Waals surface area contributed by atoms with E-state index in [2.05, 4.69) is 27.8 Å². The van der Waals surface area contributed by atoms with Gasteiger partial charge in [-0.3, -0.25) is 24.7 Å². The van der Waals surface area contributed by atoms with Crippen LogP contribution in [0.1, 0.15) is 49.7 Å². The first kappa shape index (κ1) is 29.5. The van der Waals surface area contributed by atoms with Gasteiger partial charge >= 0.3 is 6.09 Å². The number of amides is 4. The molecule has 2 aromatic rings. The summed E-state index contributed by atoms with van der Waals surface area (Å²) in [6, 6.07) is 13.8. The zero-order chi connectivity index (χ0) is 29.5. The first-order chi connectivity index (χ1) is 19.7. The molecule has 0 saturated carbocycles. The Morgan fingerprint density at radius 3 is 2.32 bits per heavy atom. The minimum Gasteiger partial charge on any atom is -0.448 e. The fourth-order valence-corrected chi connectivity index (χ4v) is 5.31. The van der Waals surface area contributed by atoms with Gasteiger partial charge in [-0.15, -0.1) is 0 Å². The van der Waals surface area contributed by atoms with Crippen molar-refractivity contribution in [3.63, 3.8) is 0 Å². The summed E-state index contributed by atoms with van der Waals surface area (Å²) in [5.41, 5.74) is 21.7. The Labute approximate surface area is 238 Å².